The van der Waals surface area contributed by atoms with E-state index >= 15 is 0 Å². The highest BCUT2D eigenvalue weighted by Gasteiger charge is 2.25. The second-order valence-corrected chi connectivity index (χ2v) is 9.29. The van der Waals surface area contributed by atoms with Crippen molar-refractivity contribution >= 4 is 49.1 Å². The maximum atomic E-state index is 11.0. The van der Waals surface area contributed by atoms with E-state index in [4.69, 9.17) is 21.7 Å². The van der Waals surface area contributed by atoms with E-state index in [2.05, 4.69) is 10.4 Å². The van der Waals surface area contributed by atoms with Gasteiger partial charge in [0.1, 0.15) is 17.5 Å². The van der Waals surface area contributed by atoms with Crippen molar-refractivity contribution in [1.82, 2.24) is 20.0 Å². The fourth-order valence-electron chi connectivity index (χ4n) is 4.06. The Morgan fingerprint density at radius 2 is 1.76 bits per heavy atom. The maximum absolute atomic E-state index is 11.0. The predicted molar refractivity (Wildman–Crippen MR) is 137 cm³/mol. The molecule has 2 aromatic heterocycles. The van der Waals surface area contributed by atoms with Gasteiger partial charge in [-0.1, -0.05) is 71.5 Å². The molecule has 0 aliphatic heterocycles. The number of aromatic hydroxyl groups is 1. The molecule has 0 aliphatic rings. The van der Waals surface area contributed by atoms with Gasteiger partial charge in [0.15, 0.2) is 5.13 Å². The smallest absolute Gasteiger partial charge is 0.184 e. The molecule has 6 rings (SSSR count). The monoisotopic (exact) mass is 483 g/mol. The Kier molecular flexibility index (Phi) is 5.13. The molecule has 0 fully saturated rings. The topological polar surface area (TPSA) is 75.9 Å². The fraction of sp³-hybridized carbons (Fsp3) is 0.0385. The largest absolute Gasteiger partial charge is 0.508 e. The number of phenolic OH excluding ortho intramolecular Hbond substituents is 1. The summed E-state index contributed by atoms with van der Waals surface area (Å²) in [6, 6.07) is 26.4. The molecule has 1 atom stereocenters. The van der Waals surface area contributed by atoms with Gasteiger partial charge in [-0.2, -0.15) is 15.0 Å². The second-order valence-electron chi connectivity index (χ2n) is 7.82. The average molecular weight is 484 g/mol. The molecule has 34 heavy (non-hydrogen) atoms. The molecule has 0 bridgehead atoms. The molecule has 0 spiro atoms. The zero-order valence-electron chi connectivity index (χ0n) is 17.8. The van der Waals surface area contributed by atoms with Crippen LogP contribution in [0.3, 0.4) is 0 Å². The van der Waals surface area contributed by atoms with Gasteiger partial charge in [-0.15, -0.1) is 0 Å². The number of hydrogen-bond donors (Lipinski definition) is 2. The van der Waals surface area contributed by atoms with E-state index in [1.807, 2.05) is 78.9 Å². The fourth-order valence-corrected chi connectivity index (χ4v) is 5.23. The molecule has 8 heteroatoms. The van der Waals surface area contributed by atoms with Gasteiger partial charge in [-0.3, -0.25) is 0 Å². The number of hydrogen-bond acceptors (Lipinski definition) is 6. The van der Waals surface area contributed by atoms with Crippen LogP contribution in [0.1, 0.15) is 17.3 Å². The Balaban J connectivity index is 1.50. The van der Waals surface area contributed by atoms with Crippen LogP contribution in [-0.4, -0.2) is 25.1 Å². The molecule has 0 saturated heterocycles. The molecule has 0 radical (unpaired) electrons. The maximum Gasteiger partial charge on any atom is 0.184 e. The van der Waals surface area contributed by atoms with E-state index in [1.54, 1.807) is 17.1 Å². The number of para-hydroxylation sites is 1. The molecule has 4 aromatic carbocycles. The predicted octanol–water partition coefficient (Wildman–Crippen LogP) is 6.59. The third-order valence-corrected chi connectivity index (χ3v) is 6.83. The first kappa shape index (κ1) is 20.7. The van der Waals surface area contributed by atoms with E-state index < -0.39 is 6.04 Å². The minimum atomic E-state index is -0.486. The molecule has 2 heterocycles. The third-order valence-electron chi connectivity index (χ3n) is 5.65. The first-order valence-electron chi connectivity index (χ1n) is 10.7. The van der Waals surface area contributed by atoms with Crippen LogP contribution in [0.15, 0.2) is 91.1 Å². The summed E-state index contributed by atoms with van der Waals surface area (Å²) in [5, 5.41) is 27.1. The normalized spacial score (nSPS) is 12.3. The lowest BCUT2D eigenvalue weighted by Gasteiger charge is -2.19. The van der Waals surface area contributed by atoms with Crippen molar-refractivity contribution in [2.45, 2.75) is 6.04 Å². The number of fused-ring (bicyclic) bond motifs is 2. The zero-order valence-corrected chi connectivity index (χ0v) is 19.3. The van der Waals surface area contributed by atoms with Crippen LogP contribution in [0.4, 0.5) is 5.13 Å². The molecular formula is C26H18ClN5OS. The van der Waals surface area contributed by atoms with Crippen LogP contribution in [0, 0.1) is 0 Å². The van der Waals surface area contributed by atoms with Crippen LogP contribution < -0.4 is 5.32 Å². The van der Waals surface area contributed by atoms with Crippen molar-refractivity contribution < 1.29 is 5.11 Å². The minimum absolute atomic E-state index is 0.176. The molecule has 1 unspecified atom stereocenters. The number of anilines is 1. The van der Waals surface area contributed by atoms with Crippen molar-refractivity contribution in [2.24, 2.45) is 0 Å². The lowest BCUT2D eigenvalue weighted by molar-refractivity contribution is 0.467. The summed E-state index contributed by atoms with van der Waals surface area (Å²) in [5.74, 6) is 0.176. The summed E-state index contributed by atoms with van der Waals surface area (Å²) in [4.78, 5) is 6.32. The van der Waals surface area contributed by atoms with Crippen molar-refractivity contribution in [2.75, 3.05) is 5.32 Å². The van der Waals surface area contributed by atoms with Crippen LogP contribution in [-0.2, 0) is 0 Å². The lowest BCUT2D eigenvalue weighted by atomic mass is 9.96. The summed E-state index contributed by atoms with van der Waals surface area (Å²) >= 11 is 7.68. The highest BCUT2D eigenvalue weighted by atomic mass is 35.5. The molecule has 0 aliphatic carbocycles. The van der Waals surface area contributed by atoms with Crippen molar-refractivity contribution in [3.63, 3.8) is 0 Å². The Labute approximate surface area is 204 Å². The van der Waals surface area contributed by atoms with E-state index in [1.165, 1.54) is 11.3 Å². The number of benzene rings is 4. The Hall–Kier alpha value is -3.94. The van der Waals surface area contributed by atoms with Gasteiger partial charge in [-0.25, -0.2) is 4.98 Å². The summed E-state index contributed by atoms with van der Waals surface area (Å²) < 4.78 is 0.976. The van der Waals surface area contributed by atoms with Crippen molar-refractivity contribution in [3.8, 4) is 11.4 Å². The minimum Gasteiger partial charge on any atom is -0.508 e. The van der Waals surface area contributed by atoms with Crippen molar-refractivity contribution in [3.05, 3.63) is 107 Å². The number of phenols is 1. The molecule has 2 N–H and O–H groups in total. The quantitative estimate of drug-likeness (QED) is 0.289. The molecule has 0 amide bonds. The number of nitrogens with one attached hydrogen (secondary N) is 1. The zero-order chi connectivity index (χ0) is 23.1. The highest BCUT2D eigenvalue weighted by Crippen LogP contribution is 2.39. The number of rotatable bonds is 5. The molecule has 0 saturated carbocycles. The van der Waals surface area contributed by atoms with Crippen LogP contribution in [0.25, 0.3) is 26.7 Å². The molecule has 6 nitrogen and oxygen atoms in total. The lowest BCUT2D eigenvalue weighted by Crippen LogP contribution is -2.14. The number of thiazole rings is 1. The van der Waals surface area contributed by atoms with Crippen molar-refractivity contribution in [1.29, 1.82) is 0 Å². The van der Waals surface area contributed by atoms with Crippen LogP contribution in [0.2, 0.25) is 5.02 Å². The molecular weight excluding hydrogens is 466 g/mol. The van der Waals surface area contributed by atoms with Crippen LogP contribution in [0.5, 0.6) is 5.75 Å². The number of halogens is 1. The Morgan fingerprint density at radius 1 is 0.941 bits per heavy atom. The highest BCUT2D eigenvalue weighted by molar-refractivity contribution is 7.22. The number of nitrogens with zero attached hydrogens (tertiary/aromatic N) is 4. The van der Waals surface area contributed by atoms with Gasteiger partial charge < -0.3 is 10.4 Å². The van der Waals surface area contributed by atoms with Gasteiger partial charge in [0.2, 0.25) is 0 Å². The summed E-state index contributed by atoms with van der Waals surface area (Å²) in [6.07, 6.45) is 1.72. The SMILES string of the molecule is Oc1ccc2ccccc2c1C(Nc1nc2ccc(Cl)cc2s1)c1cnn(-c2ccccc2)n1. The summed E-state index contributed by atoms with van der Waals surface area (Å²) in [5.41, 5.74) is 3.08. The summed E-state index contributed by atoms with van der Waals surface area (Å²) in [7, 11) is 0. The molecule has 166 valence electrons. The van der Waals surface area contributed by atoms with E-state index in [9.17, 15) is 5.11 Å². The Bertz CT molecular complexity index is 1630. The number of aromatic nitrogens is 4. The van der Waals surface area contributed by atoms with E-state index in [-0.39, 0.29) is 5.75 Å². The Morgan fingerprint density at radius 3 is 2.65 bits per heavy atom. The van der Waals surface area contributed by atoms with Gasteiger partial charge in [0.25, 0.3) is 0 Å². The molecule has 6 aromatic rings. The second kappa shape index (κ2) is 8.44. The average Bonchev–Trinajstić information content (AvgIpc) is 3.50. The van der Waals surface area contributed by atoms with E-state index in [0.29, 0.717) is 15.8 Å². The van der Waals surface area contributed by atoms with E-state index in [0.717, 1.165) is 32.2 Å². The van der Waals surface area contributed by atoms with Gasteiger partial charge in [0.05, 0.1) is 22.1 Å². The first-order chi connectivity index (χ1) is 16.7. The first-order valence-corrected chi connectivity index (χ1v) is 11.9. The van der Waals surface area contributed by atoms with Gasteiger partial charge in [0, 0.05) is 10.6 Å². The van der Waals surface area contributed by atoms with Gasteiger partial charge in [-0.05, 0) is 47.2 Å². The third kappa shape index (κ3) is 3.75. The summed E-state index contributed by atoms with van der Waals surface area (Å²) in [6.45, 7) is 0. The van der Waals surface area contributed by atoms with Crippen LogP contribution >= 0.6 is 22.9 Å². The standard InChI is InChI=1S/C26H18ClN5OS/c27-17-11-12-20-23(14-17)34-26(29-20)30-25(21-15-28-32(31-21)18-7-2-1-3-8-18)24-19-9-5-4-6-16(19)10-13-22(24)33/h1-15,25,33H,(H,29,30). The van der Waals surface area contributed by atoms with Gasteiger partial charge >= 0.3 is 0 Å².